The second-order valence-corrected chi connectivity index (χ2v) is 12.0. The molecule has 5 aromatic carbocycles. The zero-order valence-electron chi connectivity index (χ0n) is 26.8. The average Bonchev–Trinajstić information content (AvgIpc) is 3.12. The lowest BCUT2D eigenvalue weighted by molar-refractivity contribution is -0.116. The van der Waals surface area contributed by atoms with E-state index in [1.807, 2.05) is 13.0 Å². The number of aromatic hydroxyl groups is 1. The molecule has 50 heavy (non-hydrogen) atoms. The fourth-order valence-electron chi connectivity index (χ4n) is 4.81. The fourth-order valence-corrected chi connectivity index (χ4v) is 5.89. The van der Waals surface area contributed by atoms with Crippen molar-refractivity contribution in [3.8, 4) is 11.5 Å². The van der Waals surface area contributed by atoms with Crippen LogP contribution in [0.1, 0.15) is 44.0 Å². The summed E-state index contributed by atoms with van der Waals surface area (Å²) in [6.45, 7) is 2.39. The van der Waals surface area contributed by atoms with Crippen molar-refractivity contribution in [3.05, 3.63) is 155 Å². The summed E-state index contributed by atoms with van der Waals surface area (Å²) in [5.74, 6) is -2.52. The number of carbonyl (C=O) groups excluding carboxylic acids is 3. The number of rotatable bonds is 13. The zero-order chi connectivity index (χ0) is 35.5. The highest BCUT2D eigenvalue weighted by Crippen LogP contribution is 2.37. The van der Waals surface area contributed by atoms with Crippen LogP contribution in [0.15, 0.2) is 138 Å². The van der Waals surface area contributed by atoms with Gasteiger partial charge in [-0.1, -0.05) is 66.7 Å². The number of hydrogen-bond donors (Lipinski definition) is 5. The van der Waals surface area contributed by atoms with Gasteiger partial charge in [-0.25, -0.2) is 4.79 Å². The van der Waals surface area contributed by atoms with Crippen LogP contribution in [0.2, 0.25) is 0 Å². The number of phenols is 1. The van der Waals surface area contributed by atoms with Crippen molar-refractivity contribution in [2.24, 2.45) is 0 Å². The minimum atomic E-state index is -1.33. The van der Waals surface area contributed by atoms with E-state index in [2.05, 4.69) is 16.0 Å². The Bertz CT molecular complexity index is 2020. The zero-order valence-corrected chi connectivity index (χ0v) is 27.6. The normalized spacial score (nSPS) is 11.6. The van der Waals surface area contributed by atoms with Gasteiger partial charge in [-0.2, -0.15) is 0 Å². The van der Waals surface area contributed by atoms with Gasteiger partial charge in [0.25, 0.3) is 11.8 Å². The molecule has 0 aromatic heterocycles. The second kappa shape index (κ2) is 16.7. The number of benzene rings is 5. The Morgan fingerprint density at radius 3 is 2.14 bits per heavy atom. The van der Waals surface area contributed by atoms with Gasteiger partial charge in [-0.3, -0.25) is 14.4 Å². The standard InChI is InChI=1S/C39H33N3O7S/c1-2-49-30-19-16-25(17-20-30)22-33(42-36(44)27-12-7-4-8-13-27)37(45)40-28-14-9-15-31(23-28)50-35(26-10-5-3-6-11-26)38(46)41-29-18-21-34(43)32(24-29)39(47)48/h3-24,35,43H,2H2,1H3,(H,40,45)(H,41,46)(H,42,44)(H,47,48)/b33-22+. The van der Waals surface area contributed by atoms with Crippen LogP contribution in [0.3, 0.4) is 0 Å². The van der Waals surface area contributed by atoms with E-state index in [0.29, 0.717) is 39.6 Å². The third kappa shape index (κ3) is 9.39. The number of thioether (sulfide) groups is 1. The Balaban J connectivity index is 1.38. The number of anilines is 2. The van der Waals surface area contributed by atoms with Crippen LogP contribution in [0, 0.1) is 0 Å². The molecular weight excluding hydrogens is 655 g/mol. The van der Waals surface area contributed by atoms with E-state index in [4.69, 9.17) is 4.74 Å². The van der Waals surface area contributed by atoms with Gasteiger partial charge in [0.15, 0.2) is 0 Å². The maximum absolute atomic E-state index is 13.7. The molecule has 0 saturated carbocycles. The first-order valence-corrected chi connectivity index (χ1v) is 16.4. The maximum Gasteiger partial charge on any atom is 0.339 e. The third-order valence-electron chi connectivity index (χ3n) is 7.21. The van der Waals surface area contributed by atoms with Crippen LogP contribution in [0.4, 0.5) is 11.4 Å². The van der Waals surface area contributed by atoms with Crippen molar-refractivity contribution in [3.63, 3.8) is 0 Å². The van der Waals surface area contributed by atoms with Crippen LogP contribution in [0.5, 0.6) is 11.5 Å². The summed E-state index contributed by atoms with van der Waals surface area (Å²) in [5.41, 5.74) is 2.03. The number of carbonyl (C=O) groups is 4. The maximum atomic E-state index is 13.7. The van der Waals surface area contributed by atoms with Gasteiger partial charge in [0.2, 0.25) is 5.91 Å². The minimum Gasteiger partial charge on any atom is -0.507 e. The molecule has 0 fully saturated rings. The number of carboxylic acid groups (broad SMARTS) is 1. The van der Waals surface area contributed by atoms with Crippen molar-refractivity contribution >= 4 is 52.9 Å². The summed E-state index contributed by atoms with van der Waals surface area (Å²) >= 11 is 1.22. The molecule has 0 radical (unpaired) electrons. The van der Waals surface area contributed by atoms with E-state index in [0.717, 1.165) is 0 Å². The molecule has 1 atom stereocenters. The summed E-state index contributed by atoms with van der Waals surface area (Å²) in [5, 5.41) is 26.8. The Labute approximate surface area is 292 Å². The molecule has 0 aliphatic heterocycles. The van der Waals surface area contributed by atoms with Gasteiger partial charge < -0.3 is 30.9 Å². The lowest BCUT2D eigenvalue weighted by Crippen LogP contribution is -2.30. The first-order valence-electron chi connectivity index (χ1n) is 15.5. The number of nitrogens with one attached hydrogen (secondary N) is 3. The fraction of sp³-hybridized carbons (Fsp3) is 0.0769. The molecule has 3 amide bonds. The third-order valence-corrected chi connectivity index (χ3v) is 8.46. The molecule has 5 aromatic rings. The van der Waals surface area contributed by atoms with Gasteiger partial charge in [0.05, 0.1) is 6.61 Å². The minimum absolute atomic E-state index is 0.0113. The number of aromatic carboxylic acids is 1. The lowest BCUT2D eigenvalue weighted by atomic mass is 10.1. The highest BCUT2D eigenvalue weighted by atomic mass is 32.2. The quantitative estimate of drug-likeness (QED) is 0.0489. The molecule has 0 bridgehead atoms. The van der Waals surface area contributed by atoms with E-state index < -0.39 is 34.7 Å². The van der Waals surface area contributed by atoms with Crippen molar-refractivity contribution in [2.75, 3.05) is 17.2 Å². The van der Waals surface area contributed by atoms with Gasteiger partial charge in [-0.05, 0) is 84.8 Å². The monoisotopic (exact) mass is 687 g/mol. The highest BCUT2D eigenvalue weighted by Gasteiger charge is 2.24. The molecule has 5 rings (SSSR count). The first-order chi connectivity index (χ1) is 24.2. The van der Waals surface area contributed by atoms with Gasteiger partial charge in [-0.15, -0.1) is 11.8 Å². The molecule has 252 valence electrons. The number of carboxylic acids is 1. The topological polar surface area (TPSA) is 154 Å². The Morgan fingerprint density at radius 1 is 0.780 bits per heavy atom. The smallest absolute Gasteiger partial charge is 0.339 e. The molecule has 11 heteroatoms. The van der Waals surface area contributed by atoms with Gasteiger partial charge in [0, 0.05) is 21.8 Å². The summed E-state index contributed by atoms with van der Waals surface area (Å²) in [6, 6.07) is 35.4. The average molecular weight is 688 g/mol. The molecule has 0 aliphatic carbocycles. The van der Waals surface area contributed by atoms with Crippen molar-refractivity contribution < 1.29 is 34.1 Å². The molecule has 1 unspecified atom stereocenters. The summed E-state index contributed by atoms with van der Waals surface area (Å²) in [7, 11) is 0. The van der Waals surface area contributed by atoms with Crippen LogP contribution in [0.25, 0.3) is 6.08 Å². The SMILES string of the molecule is CCOc1ccc(/C=C(/NC(=O)c2ccccc2)C(=O)Nc2cccc(SC(C(=O)Nc3ccc(O)c(C(=O)O)c3)c3ccccc3)c2)cc1. The lowest BCUT2D eigenvalue weighted by Gasteiger charge is -2.18. The largest absolute Gasteiger partial charge is 0.507 e. The van der Waals surface area contributed by atoms with Crippen molar-refractivity contribution in [1.29, 1.82) is 0 Å². The number of ether oxygens (including phenoxy) is 1. The molecule has 0 aliphatic rings. The van der Waals surface area contributed by atoms with E-state index in [-0.39, 0.29) is 16.9 Å². The van der Waals surface area contributed by atoms with Crippen LogP contribution >= 0.6 is 11.8 Å². The van der Waals surface area contributed by atoms with Crippen molar-refractivity contribution in [2.45, 2.75) is 17.1 Å². The molecule has 5 N–H and O–H groups in total. The van der Waals surface area contributed by atoms with E-state index in [1.54, 1.807) is 109 Å². The first kappa shape index (κ1) is 35.0. The predicted molar refractivity (Wildman–Crippen MR) is 193 cm³/mol. The van der Waals surface area contributed by atoms with Crippen LogP contribution in [-0.2, 0) is 9.59 Å². The Kier molecular flexibility index (Phi) is 11.7. The van der Waals surface area contributed by atoms with Crippen molar-refractivity contribution in [1.82, 2.24) is 5.32 Å². The van der Waals surface area contributed by atoms with E-state index in [1.165, 1.54) is 30.0 Å². The van der Waals surface area contributed by atoms with Crippen LogP contribution < -0.4 is 20.7 Å². The number of hydrogen-bond acceptors (Lipinski definition) is 7. The summed E-state index contributed by atoms with van der Waals surface area (Å²) in [6.07, 6.45) is 1.57. The molecule has 0 heterocycles. The summed E-state index contributed by atoms with van der Waals surface area (Å²) in [4.78, 5) is 52.5. The van der Waals surface area contributed by atoms with E-state index in [9.17, 15) is 29.4 Å². The van der Waals surface area contributed by atoms with E-state index >= 15 is 0 Å². The van der Waals surface area contributed by atoms with Gasteiger partial charge in [0.1, 0.15) is 28.0 Å². The molecular formula is C39H33N3O7S. The molecule has 10 nitrogen and oxygen atoms in total. The predicted octanol–water partition coefficient (Wildman–Crippen LogP) is 7.37. The van der Waals surface area contributed by atoms with Gasteiger partial charge >= 0.3 is 5.97 Å². The molecule has 0 spiro atoms. The highest BCUT2D eigenvalue weighted by molar-refractivity contribution is 8.00. The summed E-state index contributed by atoms with van der Waals surface area (Å²) < 4.78 is 5.52. The number of amides is 3. The van der Waals surface area contributed by atoms with Crippen LogP contribution in [-0.4, -0.2) is 40.5 Å². The Hall–Kier alpha value is -6.33. The Morgan fingerprint density at radius 2 is 1.46 bits per heavy atom. The molecule has 0 saturated heterocycles. The second-order valence-electron chi connectivity index (χ2n) is 10.8.